The maximum atomic E-state index is 14.8. The lowest BCUT2D eigenvalue weighted by Gasteiger charge is -2.31. The minimum atomic E-state index is -4.93. The van der Waals surface area contributed by atoms with Gasteiger partial charge in [-0.05, 0) is 43.5 Å². The third-order valence-corrected chi connectivity index (χ3v) is 9.90. The zero-order chi connectivity index (χ0) is 31.5. The Kier molecular flexibility index (Phi) is 7.41. The van der Waals surface area contributed by atoms with Crippen molar-refractivity contribution in [2.24, 2.45) is 0 Å². The van der Waals surface area contributed by atoms with Crippen molar-refractivity contribution in [2.45, 2.75) is 43.6 Å². The average molecular weight is 646 g/mol. The number of pyridine rings is 1. The van der Waals surface area contributed by atoms with Crippen LogP contribution in [-0.4, -0.2) is 77.6 Å². The molecule has 1 aromatic carbocycles. The SMILES string of the molecule is N#Cc1c(N)sc2c(F)ccc(-c3cc4nc(OC[C@@]56CCCN5C[C@H](F)C6)nc(N5CCCOCC5)c4nc3C(F)(F)F)c12. The molecule has 2 atom stereocenters. The number of ether oxygens (including phenoxy) is 2. The summed E-state index contributed by atoms with van der Waals surface area (Å²) < 4.78 is 85.1. The molecule has 9 nitrogen and oxygen atoms in total. The number of alkyl halides is 4. The number of hydrogen-bond acceptors (Lipinski definition) is 10. The molecule has 0 spiro atoms. The Morgan fingerprint density at radius 1 is 1.13 bits per heavy atom. The molecule has 3 saturated heterocycles. The molecule has 0 radical (unpaired) electrons. The molecule has 0 aliphatic carbocycles. The first kappa shape index (κ1) is 29.8. The fraction of sp³-hybridized carbons (Fsp3) is 0.467. The first-order valence-electron chi connectivity index (χ1n) is 14.6. The Bertz CT molecular complexity index is 1840. The van der Waals surface area contributed by atoms with E-state index in [0.717, 1.165) is 36.8 Å². The van der Waals surface area contributed by atoms with Crippen LogP contribution < -0.4 is 15.4 Å². The summed E-state index contributed by atoms with van der Waals surface area (Å²) in [6, 6.07) is 5.30. The third-order valence-electron chi connectivity index (χ3n) is 8.87. The lowest BCUT2D eigenvalue weighted by Crippen LogP contribution is -2.43. The molecule has 0 saturated carbocycles. The number of nitriles is 1. The van der Waals surface area contributed by atoms with Gasteiger partial charge < -0.3 is 20.1 Å². The van der Waals surface area contributed by atoms with Crippen LogP contribution in [-0.2, 0) is 10.9 Å². The number of nitrogens with two attached hydrogens (primary N) is 1. The molecule has 45 heavy (non-hydrogen) atoms. The van der Waals surface area contributed by atoms with Gasteiger partial charge in [0.05, 0.1) is 27.9 Å². The zero-order valence-electron chi connectivity index (χ0n) is 24.0. The van der Waals surface area contributed by atoms with Gasteiger partial charge in [-0.3, -0.25) is 4.90 Å². The molecule has 6 heterocycles. The number of rotatable bonds is 5. The standard InChI is InChI=1S/C30H28F5N7O2S/c31-16-12-29(5-1-7-42(29)14-16)15-44-28-38-21-11-18(17-3-4-20(32)24-22(17)19(13-36)26(37)45-24)25(30(33,34)35)39-23(21)27(40-28)41-6-2-9-43-10-8-41/h3-4,11,16H,1-2,5-10,12,14-15,37H2/t16-,29+/m1/s1. The van der Waals surface area contributed by atoms with Crippen molar-refractivity contribution in [3.8, 4) is 23.2 Å². The predicted octanol–water partition coefficient (Wildman–Crippen LogP) is 5.70. The van der Waals surface area contributed by atoms with E-state index in [2.05, 4.69) is 19.9 Å². The van der Waals surface area contributed by atoms with E-state index in [-0.39, 0.29) is 61.2 Å². The Hall–Kier alpha value is -3.87. The summed E-state index contributed by atoms with van der Waals surface area (Å²) in [5.41, 5.74) is 3.67. The quantitative estimate of drug-likeness (QED) is 0.273. The van der Waals surface area contributed by atoms with Crippen molar-refractivity contribution in [3.63, 3.8) is 0 Å². The summed E-state index contributed by atoms with van der Waals surface area (Å²) in [6.45, 7) is 2.86. The van der Waals surface area contributed by atoms with E-state index >= 15 is 0 Å². The van der Waals surface area contributed by atoms with Gasteiger partial charge in [0.2, 0.25) is 0 Å². The lowest BCUT2D eigenvalue weighted by molar-refractivity contribution is -0.140. The van der Waals surface area contributed by atoms with Gasteiger partial charge in [-0.15, -0.1) is 11.3 Å². The number of halogens is 5. The molecular weight excluding hydrogens is 617 g/mol. The van der Waals surface area contributed by atoms with Gasteiger partial charge in [0.1, 0.15) is 35.2 Å². The van der Waals surface area contributed by atoms with Crippen LogP contribution in [0.2, 0.25) is 0 Å². The fourth-order valence-corrected chi connectivity index (χ4v) is 7.81. The highest BCUT2D eigenvalue weighted by Gasteiger charge is 2.49. The summed E-state index contributed by atoms with van der Waals surface area (Å²) in [7, 11) is 0. The smallest absolute Gasteiger partial charge is 0.433 e. The number of fused-ring (bicyclic) bond motifs is 3. The Labute approximate surface area is 258 Å². The van der Waals surface area contributed by atoms with Gasteiger partial charge in [0.15, 0.2) is 11.5 Å². The van der Waals surface area contributed by atoms with E-state index in [4.69, 9.17) is 15.2 Å². The number of nitrogens with zero attached hydrogens (tertiary/aromatic N) is 6. The molecule has 2 N–H and O–H groups in total. The van der Waals surface area contributed by atoms with Gasteiger partial charge in [0, 0.05) is 43.6 Å². The second-order valence-corrected chi connectivity index (χ2v) is 12.7. The second kappa shape index (κ2) is 11.2. The van der Waals surface area contributed by atoms with Gasteiger partial charge in [-0.25, -0.2) is 13.8 Å². The van der Waals surface area contributed by atoms with Crippen molar-refractivity contribution < 1.29 is 31.4 Å². The van der Waals surface area contributed by atoms with Crippen LogP contribution in [0.15, 0.2) is 18.2 Å². The van der Waals surface area contributed by atoms with E-state index < -0.39 is 29.4 Å². The van der Waals surface area contributed by atoms with Crippen LogP contribution in [0.5, 0.6) is 6.01 Å². The van der Waals surface area contributed by atoms with E-state index in [1.165, 1.54) is 12.1 Å². The Morgan fingerprint density at radius 3 is 2.78 bits per heavy atom. The van der Waals surface area contributed by atoms with Crippen molar-refractivity contribution >= 4 is 43.3 Å². The van der Waals surface area contributed by atoms with Crippen molar-refractivity contribution in [3.05, 3.63) is 35.3 Å². The average Bonchev–Trinajstić information content (AvgIpc) is 3.55. The topological polar surface area (TPSA) is 113 Å². The molecule has 3 aliphatic heterocycles. The molecular formula is C30H28F5N7O2S. The number of benzene rings is 1. The van der Waals surface area contributed by atoms with Crippen molar-refractivity contribution in [2.75, 3.05) is 56.6 Å². The number of hydrogen-bond donors (Lipinski definition) is 1. The minimum absolute atomic E-state index is 0.00685. The van der Waals surface area contributed by atoms with Gasteiger partial charge in [-0.2, -0.15) is 28.4 Å². The minimum Gasteiger partial charge on any atom is -0.461 e. The maximum Gasteiger partial charge on any atom is 0.433 e. The molecule has 3 aromatic heterocycles. The summed E-state index contributed by atoms with van der Waals surface area (Å²) in [5.74, 6) is -0.546. The molecule has 0 bridgehead atoms. The highest BCUT2D eigenvalue weighted by Crippen LogP contribution is 2.46. The Morgan fingerprint density at radius 2 is 1.98 bits per heavy atom. The number of anilines is 2. The van der Waals surface area contributed by atoms with Gasteiger partial charge >= 0.3 is 12.2 Å². The molecule has 15 heteroatoms. The predicted molar refractivity (Wildman–Crippen MR) is 158 cm³/mol. The van der Waals surface area contributed by atoms with Gasteiger partial charge in [0.25, 0.3) is 0 Å². The van der Waals surface area contributed by atoms with Crippen LogP contribution in [0.3, 0.4) is 0 Å². The summed E-state index contributed by atoms with van der Waals surface area (Å²) in [6.07, 6.45) is -3.30. The number of nitrogen functional groups attached to an aromatic ring is 1. The first-order valence-corrected chi connectivity index (χ1v) is 15.5. The number of thiophene rings is 1. The molecule has 236 valence electrons. The normalized spacial score (nSPS) is 22.6. The first-order chi connectivity index (χ1) is 21.6. The largest absolute Gasteiger partial charge is 0.461 e. The summed E-state index contributed by atoms with van der Waals surface area (Å²) in [4.78, 5) is 17.1. The van der Waals surface area contributed by atoms with E-state index in [9.17, 15) is 27.2 Å². The van der Waals surface area contributed by atoms with Crippen molar-refractivity contribution in [1.29, 1.82) is 5.26 Å². The molecule has 3 fully saturated rings. The summed E-state index contributed by atoms with van der Waals surface area (Å²) >= 11 is 0.791. The molecule has 0 amide bonds. The van der Waals surface area contributed by atoms with Crippen LogP contribution >= 0.6 is 11.3 Å². The zero-order valence-corrected chi connectivity index (χ0v) is 24.8. The summed E-state index contributed by atoms with van der Waals surface area (Å²) in [5, 5.41) is 9.74. The van der Waals surface area contributed by atoms with Crippen LogP contribution in [0, 0.1) is 17.1 Å². The highest BCUT2D eigenvalue weighted by atomic mass is 32.1. The van der Waals surface area contributed by atoms with E-state index in [0.29, 0.717) is 45.7 Å². The van der Waals surface area contributed by atoms with Crippen LogP contribution in [0.4, 0.5) is 32.8 Å². The highest BCUT2D eigenvalue weighted by molar-refractivity contribution is 7.23. The van der Waals surface area contributed by atoms with Crippen molar-refractivity contribution in [1.82, 2.24) is 19.9 Å². The monoisotopic (exact) mass is 645 g/mol. The van der Waals surface area contributed by atoms with Crippen LogP contribution in [0.25, 0.3) is 32.2 Å². The molecule has 3 aliphatic rings. The van der Waals surface area contributed by atoms with E-state index in [1.807, 2.05) is 6.07 Å². The molecule has 4 aromatic rings. The maximum absolute atomic E-state index is 14.8. The Balaban J connectivity index is 1.42. The second-order valence-electron chi connectivity index (χ2n) is 11.6. The third kappa shape index (κ3) is 5.18. The van der Waals surface area contributed by atoms with Crippen LogP contribution in [0.1, 0.15) is 36.9 Å². The van der Waals surface area contributed by atoms with Gasteiger partial charge in [-0.1, -0.05) is 6.07 Å². The lowest BCUT2D eigenvalue weighted by atomic mass is 9.95. The number of aromatic nitrogens is 3. The molecule has 7 rings (SSSR count). The fourth-order valence-electron chi connectivity index (χ4n) is 6.86. The molecule has 0 unspecified atom stereocenters. The van der Waals surface area contributed by atoms with E-state index in [1.54, 1.807) is 4.90 Å².